The molecular weight excluding hydrogens is 354 g/mol. The van der Waals surface area contributed by atoms with Gasteiger partial charge in [-0.15, -0.1) is 0 Å². The summed E-state index contributed by atoms with van der Waals surface area (Å²) in [4.78, 5) is 31.1. The monoisotopic (exact) mass is 375 g/mol. The summed E-state index contributed by atoms with van der Waals surface area (Å²) in [6.45, 7) is 6.35. The van der Waals surface area contributed by atoms with E-state index < -0.39 is 17.7 Å². The van der Waals surface area contributed by atoms with Crippen LogP contribution in [0.15, 0.2) is 5.16 Å². The van der Waals surface area contributed by atoms with Crippen LogP contribution in [0.25, 0.3) is 0 Å². The van der Waals surface area contributed by atoms with Crippen LogP contribution in [0.3, 0.4) is 0 Å². The fourth-order valence-corrected chi connectivity index (χ4v) is 2.86. The number of carbonyl (C=O) groups is 2. The largest absolute Gasteiger partial charge is 0.444 e. The highest BCUT2D eigenvalue weighted by Crippen LogP contribution is 2.21. The topological polar surface area (TPSA) is 80.2 Å². The molecule has 2 rings (SSSR count). The third kappa shape index (κ3) is 4.59. The standard InChI is InChI=1S/C14H22BrN3O4/c1-14(2,3)21-13(20)18-6-4-5-10(18)12(19)16-8-9-7-11(15)17-22-9/h9-10H,4-8H2,1-3H3,(H,16,19)/t9-,10-/m0/s1. The molecule has 0 aromatic carbocycles. The van der Waals surface area contributed by atoms with Crippen molar-refractivity contribution in [2.75, 3.05) is 13.1 Å². The summed E-state index contributed by atoms with van der Waals surface area (Å²) < 4.78 is 6.09. The Labute approximate surface area is 138 Å². The lowest BCUT2D eigenvalue weighted by molar-refractivity contribution is -0.126. The van der Waals surface area contributed by atoms with Gasteiger partial charge in [-0.05, 0) is 49.5 Å². The highest BCUT2D eigenvalue weighted by Gasteiger charge is 2.36. The summed E-state index contributed by atoms with van der Waals surface area (Å²) in [6, 6.07) is -0.472. The summed E-state index contributed by atoms with van der Waals surface area (Å²) >= 11 is 3.25. The van der Waals surface area contributed by atoms with Gasteiger partial charge < -0.3 is 14.9 Å². The lowest BCUT2D eigenvalue weighted by Crippen LogP contribution is -2.48. The number of carbonyl (C=O) groups excluding carboxylic acids is 2. The van der Waals surface area contributed by atoms with Crippen molar-refractivity contribution >= 4 is 32.6 Å². The Morgan fingerprint density at radius 3 is 2.82 bits per heavy atom. The number of halogens is 1. The van der Waals surface area contributed by atoms with Crippen LogP contribution in [0.5, 0.6) is 0 Å². The van der Waals surface area contributed by atoms with E-state index in [9.17, 15) is 9.59 Å². The maximum Gasteiger partial charge on any atom is 0.410 e. The number of rotatable bonds is 3. The van der Waals surface area contributed by atoms with Gasteiger partial charge in [0.25, 0.3) is 0 Å². The van der Waals surface area contributed by atoms with Crippen molar-refractivity contribution < 1.29 is 19.2 Å². The molecule has 0 aromatic heterocycles. The van der Waals surface area contributed by atoms with E-state index in [1.165, 1.54) is 4.90 Å². The predicted octanol–water partition coefficient (Wildman–Crippen LogP) is 2.00. The lowest BCUT2D eigenvalue weighted by Gasteiger charge is -2.28. The number of nitrogens with one attached hydrogen (secondary N) is 1. The van der Waals surface area contributed by atoms with E-state index in [0.29, 0.717) is 25.9 Å². The second kappa shape index (κ2) is 6.85. The molecule has 0 radical (unpaired) electrons. The summed E-state index contributed by atoms with van der Waals surface area (Å²) in [7, 11) is 0. The van der Waals surface area contributed by atoms with Crippen molar-refractivity contribution in [3.8, 4) is 0 Å². The van der Waals surface area contributed by atoms with Crippen molar-refractivity contribution in [1.82, 2.24) is 10.2 Å². The molecule has 124 valence electrons. The molecule has 2 amide bonds. The fraction of sp³-hybridized carbons (Fsp3) is 0.786. The number of nitrogens with zero attached hydrogens (tertiary/aromatic N) is 2. The van der Waals surface area contributed by atoms with Gasteiger partial charge in [0.05, 0.1) is 6.54 Å². The Morgan fingerprint density at radius 1 is 1.50 bits per heavy atom. The minimum atomic E-state index is -0.567. The van der Waals surface area contributed by atoms with E-state index >= 15 is 0 Å². The van der Waals surface area contributed by atoms with E-state index in [1.807, 2.05) is 20.8 Å². The Kier molecular flexibility index (Phi) is 5.31. The summed E-state index contributed by atoms with van der Waals surface area (Å²) in [6.07, 6.45) is 1.49. The summed E-state index contributed by atoms with van der Waals surface area (Å²) in [5.41, 5.74) is -0.567. The first-order valence-corrected chi connectivity index (χ1v) is 8.21. The van der Waals surface area contributed by atoms with Crippen LogP contribution in [0.4, 0.5) is 4.79 Å². The van der Waals surface area contributed by atoms with Crippen LogP contribution in [0.1, 0.15) is 40.0 Å². The summed E-state index contributed by atoms with van der Waals surface area (Å²) in [5.74, 6) is -0.171. The Balaban J connectivity index is 1.84. The van der Waals surface area contributed by atoms with Crippen molar-refractivity contribution in [3.63, 3.8) is 0 Å². The van der Waals surface area contributed by atoms with Crippen molar-refractivity contribution in [2.45, 2.75) is 57.8 Å². The van der Waals surface area contributed by atoms with Gasteiger partial charge in [-0.3, -0.25) is 9.69 Å². The molecule has 0 saturated carbocycles. The maximum atomic E-state index is 12.3. The first-order chi connectivity index (χ1) is 10.3. The number of hydrogen-bond donors (Lipinski definition) is 1. The molecule has 0 aromatic rings. The zero-order chi connectivity index (χ0) is 16.3. The van der Waals surface area contributed by atoms with Gasteiger partial charge in [0.2, 0.25) is 5.91 Å². The van der Waals surface area contributed by atoms with Crippen LogP contribution < -0.4 is 5.32 Å². The van der Waals surface area contributed by atoms with Crippen LogP contribution in [-0.4, -0.2) is 52.4 Å². The number of likely N-dealkylation sites (tertiary alicyclic amines) is 1. The molecule has 0 spiro atoms. The molecule has 1 fully saturated rings. The van der Waals surface area contributed by atoms with Gasteiger partial charge in [-0.1, -0.05) is 5.16 Å². The minimum absolute atomic E-state index is 0.158. The number of amides is 2. The quantitative estimate of drug-likeness (QED) is 0.817. The van der Waals surface area contributed by atoms with Gasteiger partial charge in [-0.2, -0.15) is 0 Å². The number of ether oxygens (including phenoxy) is 1. The third-order valence-electron chi connectivity index (χ3n) is 3.38. The van der Waals surface area contributed by atoms with Gasteiger partial charge in [0.15, 0.2) is 6.10 Å². The molecule has 1 saturated heterocycles. The van der Waals surface area contributed by atoms with Gasteiger partial charge in [-0.25, -0.2) is 4.79 Å². The molecule has 2 atom stereocenters. The highest BCUT2D eigenvalue weighted by molar-refractivity contribution is 9.18. The second-order valence-corrected chi connectivity index (χ2v) is 7.39. The second-order valence-electron chi connectivity index (χ2n) is 6.48. The SMILES string of the molecule is CC(C)(C)OC(=O)N1CCC[C@H]1C(=O)NC[C@@H]1CC(Br)=NO1. The van der Waals surface area contributed by atoms with Gasteiger partial charge >= 0.3 is 6.09 Å². The molecule has 8 heteroatoms. The molecule has 0 aliphatic carbocycles. The first kappa shape index (κ1) is 17.1. The molecule has 22 heavy (non-hydrogen) atoms. The predicted molar refractivity (Wildman–Crippen MR) is 84.8 cm³/mol. The molecular formula is C14H22BrN3O4. The lowest BCUT2D eigenvalue weighted by atomic mass is 10.2. The van der Waals surface area contributed by atoms with Crippen LogP contribution in [0, 0.1) is 0 Å². The van der Waals surface area contributed by atoms with Crippen LogP contribution >= 0.6 is 15.9 Å². The zero-order valence-electron chi connectivity index (χ0n) is 13.1. The fourth-order valence-electron chi connectivity index (χ4n) is 2.41. The van der Waals surface area contributed by atoms with Crippen molar-refractivity contribution in [1.29, 1.82) is 0 Å². The molecule has 2 heterocycles. The normalized spacial score (nSPS) is 24.7. The molecule has 0 bridgehead atoms. The van der Waals surface area contributed by atoms with E-state index in [2.05, 4.69) is 26.4 Å². The average molecular weight is 376 g/mol. The average Bonchev–Trinajstić information content (AvgIpc) is 3.02. The van der Waals surface area contributed by atoms with Gasteiger partial charge in [0.1, 0.15) is 16.3 Å². The smallest absolute Gasteiger partial charge is 0.410 e. The minimum Gasteiger partial charge on any atom is -0.444 e. The Hall–Kier alpha value is -1.31. The van der Waals surface area contributed by atoms with Gasteiger partial charge in [0, 0.05) is 13.0 Å². The van der Waals surface area contributed by atoms with Crippen molar-refractivity contribution in [2.24, 2.45) is 5.16 Å². The van der Waals surface area contributed by atoms with E-state index in [1.54, 1.807) is 0 Å². The first-order valence-electron chi connectivity index (χ1n) is 7.42. The van der Waals surface area contributed by atoms with Crippen LogP contribution in [0.2, 0.25) is 0 Å². The molecule has 0 unspecified atom stereocenters. The maximum absolute atomic E-state index is 12.3. The molecule has 1 N–H and O–H groups in total. The van der Waals surface area contributed by atoms with Crippen LogP contribution in [-0.2, 0) is 14.4 Å². The van der Waals surface area contributed by atoms with E-state index in [0.717, 1.165) is 11.0 Å². The number of hydrogen-bond acceptors (Lipinski definition) is 5. The Morgan fingerprint density at radius 2 is 2.23 bits per heavy atom. The molecule has 7 nitrogen and oxygen atoms in total. The Bertz CT molecular complexity index is 475. The highest BCUT2D eigenvalue weighted by atomic mass is 79.9. The summed E-state index contributed by atoms with van der Waals surface area (Å²) in [5, 5.41) is 6.60. The van der Waals surface area contributed by atoms with E-state index in [4.69, 9.17) is 9.57 Å². The molecule has 2 aliphatic rings. The van der Waals surface area contributed by atoms with Crippen molar-refractivity contribution in [3.05, 3.63) is 0 Å². The zero-order valence-corrected chi connectivity index (χ0v) is 14.7. The number of oxime groups is 1. The third-order valence-corrected chi connectivity index (χ3v) is 3.85. The van der Waals surface area contributed by atoms with E-state index in [-0.39, 0.29) is 12.0 Å². The molecule has 2 aliphatic heterocycles.